The molecule has 1 aromatic carbocycles. The Labute approximate surface area is 133 Å². The van der Waals surface area contributed by atoms with E-state index in [1.807, 2.05) is 44.2 Å². The highest BCUT2D eigenvalue weighted by atomic mass is 79.9. The molecule has 0 radical (unpaired) electrons. The van der Waals surface area contributed by atoms with E-state index in [0.29, 0.717) is 19.0 Å². The van der Waals surface area contributed by atoms with E-state index in [0.717, 1.165) is 21.5 Å². The Morgan fingerprint density at radius 1 is 1.10 bits per heavy atom. The fourth-order valence-electron chi connectivity index (χ4n) is 2.00. The molecule has 0 saturated carbocycles. The van der Waals surface area contributed by atoms with Crippen LogP contribution in [-0.4, -0.2) is 18.2 Å². The summed E-state index contributed by atoms with van der Waals surface area (Å²) in [5, 5.41) is 0. The van der Waals surface area contributed by atoms with Gasteiger partial charge in [-0.2, -0.15) is 0 Å². The number of aromatic nitrogens is 1. The highest BCUT2D eigenvalue weighted by Gasteiger charge is 2.14. The SMILES string of the molecule is CCOc1ccc(C(N)c2ccc(Br)cn2)cc1OCC. The maximum atomic E-state index is 6.28. The van der Waals surface area contributed by atoms with Crippen LogP contribution in [0.1, 0.15) is 31.1 Å². The largest absolute Gasteiger partial charge is 0.490 e. The molecule has 0 fully saturated rings. The molecule has 0 aliphatic rings. The number of pyridine rings is 1. The Kier molecular flexibility index (Phi) is 5.59. The predicted octanol–water partition coefficient (Wildman–Crippen LogP) is 3.69. The summed E-state index contributed by atoms with van der Waals surface area (Å²) in [6, 6.07) is 9.30. The molecule has 1 aromatic heterocycles. The van der Waals surface area contributed by atoms with Crippen LogP contribution >= 0.6 is 15.9 Å². The third-order valence-corrected chi connectivity index (χ3v) is 3.46. The summed E-state index contributed by atoms with van der Waals surface area (Å²) in [5.41, 5.74) is 8.03. The van der Waals surface area contributed by atoms with Gasteiger partial charge in [0.15, 0.2) is 11.5 Å². The van der Waals surface area contributed by atoms with Gasteiger partial charge in [-0.05, 0) is 59.6 Å². The predicted molar refractivity (Wildman–Crippen MR) is 86.7 cm³/mol. The lowest BCUT2D eigenvalue weighted by Crippen LogP contribution is -2.13. The normalized spacial score (nSPS) is 12.0. The van der Waals surface area contributed by atoms with Crippen LogP contribution in [-0.2, 0) is 0 Å². The van der Waals surface area contributed by atoms with Crippen molar-refractivity contribution in [3.8, 4) is 11.5 Å². The van der Waals surface area contributed by atoms with Crippen molar-refractivity contribution in [2.75, 3.05) is 13.2 Å². The lowest BCUT2D eigenvalue weighted by atomic mass is 10.0. The van der Waals surface area contributed by atoms with Crippen molar-refractivity contribution < 1.29 is 9.47 Å². The van der Waals surface area contributed by atoms with E-state index >= 15 is 0 Å². The quantitative estimate of drug-likeness (QED) is 0.862. The van der Waals surface area contributed by atoms with Gasteiger partial charge in [0.1, 0.15) is 0 Å². The molecule has 5 heteroatoms. The zero-order valence-electron chi connectivity index (χ0n) is 12.2. The van der Waals surface area contributed by atoms with Crippen molar-refractivity contribution in [2.45, 2.75) is 19.9 Å². The Morgan fingerprint density at radius 2 is 1.81 bits per heavy atom. The lowest BCUT2D eigenvalue weighted by molar-refractivity contribution is 0.287. The Bertz CT molecular complexity index is 587. The molecule has 0 bridgehead atoms. The molecule has 112 valence electrons. The smallest absolute Gasteiger partial charge is 0.161 e. The molecule has 0 saturated heterocycles. The average Bonchev–Trinajstić information content (AvgIpc) is 2.49. The zero-order valence-corrected chi connectivity index (χ0v) is 13.8. The van der Waals surface area contributed by atoms with Crippen LogP contribution in [0.4, 0.5) is 0 Å². The molecule has 0 aliphatic heterocycles. The van der Waals surface area contributed by atoms with Crippen LogP contribution in [0, 0.1) is 0 Å². The van der Waals surface area contributed by atoms with E-state index in [2.05, 4.69) is 20.9 Å². The first-order chi connectivity index (χ1) is 10.2. The molecule has 1 atom stereocenters. The molecule has 2 aromatic rings. The molecule has 2 rings (SSSR count). The molecule has 0 aliphatic carbocycles. The third kappa shape index (κ3) is 3.95. The molecule has 1 unspecified atom stereocenters. The van der Waals surface area contributed by atoms with E-state index in [9.17, 15) is 0 Å². The summed E-state index contributed by atoms with van der Waals surface area (Å²) in [5.74, 6) is 1.45. The van der Waals surface area contributed by atoms with Crippen LogP contribution in [0.25, 0.3) is 0 Å². The topological polar surface area (TPSA) is 57.4 Å². The van der Waals surface area contributed by atoms with Gasteiger partial charge in [-0.15, -0.1) is 0 Å². The maximum absolute atomic E-state index is 6.28. The van der Waals surface area contributed by atoms with E-state index in [1.165, 1.54) is 0 Å². The number of ether oxygens (including phenoxy) is 2. The van der Waals surface area contributed by atoms with Gasteiger partial charge in [0.05, 0.1) is 24.9 Å². The number of halogens is 1. The number of benzene rings is 1. The van der Waals surface area contributed by atoms with Crippen molar-refractivity contribution in [3.63, 3.8) is 0 Å². The van der Waals surface area contributed by atoms with Crippen molar-refractivity contribution in [1.29, 1.82) is 0 Å². The van der Waals surface area contributed by atoms with Crippen LogP contribution in [0.2, 0.25) is 0 Å². The maximum Gasteiger partial charge on any atom is 0.161 e. The van der Waals surface area contributed by atoms with Crippen LogP contribution in [0.3, 0.4) is 0 Å². The summed E-state index contributed by atoms with van der Waals surface area (Å²) in [7, 11) is 0. The first-order valence-electron chi connectivity index (χ1n) is 6.92. The van der Waals surface area contributed by atoms with Crippen LogP contribution in [0.5, 0.6) is 11.5 Å². The zero-order chi connectivity index (χ0) is 15.2. The number of nitrogens with two attached hydrogens (primary N) is 1. The highest BCUT2D eigenvalue weighted by Crippen LogP contribution is 2.31. The van der Waals surface area contributed by atoms with E-state index < -0.39 is 0 Å². The fraction of sp³-hybridized carbons (Fsp3) is 0.312. The second-order valence-corrected chi connectivity index (χ2v) is 5.37. The first kappa shape index (κ1) is 15.8. The fourth-order valence-corrected chi connectivity index (χ4v) is 2.24. The Hall–Kier alpha value is -1.59. The standard InChI is InChI=1S/C16H19BrN2O2/c1-3-20-14-8-5-11(9-15(14)21-4-2)16(18)13-7-6-12(17)10-19-13/h5-10,16H,3-4,18H2,1-2H3. The minimum Gasteiger partial charge on any atom is -0.490 e. The molecule has 1 heterocycles. The van der Waals surface area contributed by atoms with Crippen molar-refractivity contribution in [2.24, 2.45) is 5.73 Å². The van der Waals surface area contributed by atoms with E-state index in [1.54, 1.807) is 6.20 Å². The van der Waals surface area contributed by atoms with Gasteiger partial charge in [0.25, 0.3) is 0 Å². The number of hydrogen-bond acceptors (Lipinski definition) is 4. The van der Waals surface area contributed by atoms with Crippen molar-refractivity contribution in [3.05, 3.63) is 52.3 Å². The summed E-state index contributed by atoms with van der Waals surface area (Å²) >= 11 is 3.37. The third-order valence-electron chi connectivity index (χ3n) is 3.00. The number of nitrogens with zero attached hydrogens (tertiary/aromatic N) is 1. The molecule has 4 nitrogen and oxygen atoms in total. The average molecular weight is 351 g/mol. The van der Waals surface area contributed by atoms with E-state index in [4.69, 9.17) is 15.2 Å². The van der Waals surface area contributed by atoms with Gasteiger partial charge in [-0.25, -0.2) is 0 Å². The van der Waals surface area contributed by atoms with Gasteiger partial charge in [0.2, 0.25) is 0 Å². The van der Waals surface area contributed by atoms with E-state index in [-0.39, 0.29) is 6.04 Å². The monoisotopic (exact) mass is 350 g/mol. The van der Waals surface area contributed by atoms with Crippen molar-refractivity contribution in [1.82, 2.24) is 4.98 Å². The van der Waals surface area contributed by atoms with Gasteiger partial charge in [0, 0.05) is 10.7 Å². The lowest BCUT2D eigenvalue weighted by Gasteiger charge is -2.16. The minimum absolute atomic E-state index is 0.298. The Morgan fingerprint density at radius 3 is 2.43 bits per heavy atom. The first-order valence-corrected chi connectivity index (χ1v) is 7.71. The molecule has 0 spiro atoms. The highest BCUT2D eigenvalue weighted by molar-refractivity contribution is 9.10. The van der Waals surface area contributed by atoms with Crippen LogP contribution in [0.15, 0.2) is 41.0 Å². The minimum atomic E-state index is -0.298. The summed E-state index contributed by atoms with van der Waals surface area (Å²) in [6.07, 6.45) is 1.74. The summed E-state index contributed by atoms with van der Waals surface area (Å²) in [6.45, 7) is 5.06. The summed E-state index contributed by atoms with van der Waals surface area (Å²) in [4.78, 5) is 4.35. The van der Waals surface area contributed by atoms with Crippen LogP contribution < -0.4 is 15.2 Å². The number of hydrogen-bond donors (Lipinski definition) is 1. The van der Waals surface area contributed by atoms with Gasteiger partial charge >= 0.3 is 0 Å². The second-order valence-electron chi connectivity index (χ2n) is 4.45. The summed E-state index contributed by atoms with van der Waals surface area (Å²) < 4.78 is 12.1. The molecule has 21 heavy (non-hydrogen) atoms. The van der Waals surface area contributed by atoms with Gasteiger partial charge in [-0.1, -0.05) is 6.07 Å². The van der Waals surface area contributed by atoms with Gasteiger partial charge < -0.3 is 15.2 Å². The second kappa shape index (κ2) is 7.43. The number of rotatable bonds is 6. The molecule has 2 N–H and O–H groups in total. The van der Waals surface area contributed by atoms with Gasteiger partial charge in [-0.3, -0.25) is 4.98 Å². The Balaban J connectivity index is 2.30. The molecule has 0 amide bonds. The van der Waals surface area contributed by atoms with Crippen molar-refractivity contribution >= 4 is 15.9 Å². The molecular weight excluding hydrogens is 332 g/mol. The molecular formula is C16H19BrN2O2.